The normalized spacial score (nSPS) is 17.9. The molecule has 21 heavy (non-hydrogen) atoms. The van der Waals surface area contributed by atoms with E-state index >= 15 is 0 Å². The molecule has 1 amide bonds. The van der Waals surface area contributed by atoms with Gasteiger partial charge in [0, 0.05) is 10.6 Å². The van der Waals surface area contributed by atoms with Gasteiger partial charge in [-0.2, -0.15) is 4.98 Å². The minimum absolute atomic E-state index is 0.0289. The van der Waals surface area contributed by atoms with Crippen LogP contribution in [0.5, 0.6) is 0 Å². The fraction of sp³-hybridized carbons (Fsp3) is 0.357. The van der Waals surface area contributed by atoms with E-state index in [1.54, 1.807) is 12.1 Å². The van der Waals surface area contributed by atoms with Crippen LogP contribution in [0.3, 0.4) is 0 Å². The second kappa shape index (κ2) is 6.24. The van der Waals surface area contributed by atoms with Crippen molar-refractivity contribution >= 4 is 17.5 Å². The molecule has 2 heterocycles. The number of benzene rings is 1. The second-order valence-electron chi connectivity index (χ2n) is 4.89. The van der Waals surface area contributed by atoms with E-state index in [1.807, 2.05) is 12.1 Å². The van der Waals surface area contributed by atoms with Crippen LogP contribution in [0.2, 0.25) is 5.02 Å². The van der Waals surface area contributed by atoms with Crippen LogP contribution in [-0.4, -0.2) is 28.6 Å². The van der Waals surface area contributed by atoms with Crippen molar-refractivity contribution in [3.63, 3.8) is 0 Å². The van der Waals surface area contributed by atoms with Gasteiger partial charge >= 0.3 is 0 Å². The molecule has 1 aromatic carbocycles. The quantitative estimate of drug-likeness (QED) is 0.899. The Hall–Kier alpha value is -1.92. The van der Waals surface area contributed by atoms with E-state index in [4.69, 9.17) is 16.1 Å². The summed E-state index contributed by atoms with van der Waals surface area (Å²) in [6.45, 7) is 1.12. The molecule has 0 saturated carbocycles. The van der Waals surface area contributed by atoms with Crippen LogP contribution >= 0.6 is 11.6 Å². The second-order valence-corrected chi connectivity index (χ2v) is 5.32. The first-order chi connectivity index (χ1) is 10.2. The Bertz CT molecular complexity index is 620. The summed E-state index contributed by atoms with van der Waals surface area (Å²) >= 11 is 5.83. The van der Waals surface area contributed by atoms with Crippen molar-refractivity contribution in [1.29, 1.82) is 0 Å². The van der Waals surface area contributed by atoms with Crippen LogP contribution in [0.25, 0.3) is 11.4 Å². The Labute approximate surface area is 126 Å². The molecule has 1 aliphatic rings. The monoisotopic (exact) mass is 306 g/mol. The molecule has 110 valence electrons. The third kappa shape index (κ3) is 3.40. The lowest BCUT2D eigenvalue weighted by Gasteiger charge is -2.08. The van der Waals surface area contributed by atoms with Gasteiger partial charge in [0.05, 0.1) is 12.6 Å². The van der Waals surface area contributed by atoms with Crippen molar-refractivity contribution in [2.24, 2.45) is 0 Å². The fourth-order valence-corrected chi connectivity index (χ4v) is 2.36. The number of nitrogens with one attached hydrogen (secondary N) is 2. The molecule has 6 nitrogen and oxygen atoms in total. The van der Waals surface area contributed by atoms with Crippen LogP contribution < -0.4 is 10.6 Å². The molecule has 7 heteroatoms. The maximum absolute atomic E-state index is 11.9. The Morgan fingerprint density at radius 1 is 1.43 bits per heavy atom. The van der Waals surface area contributed by atoms with Gasteiger partial charge in [-0.05, 0) is 43.7 Å². The number of aromatic nitrogens is 2. The molecule has 1 atom stereocenters. The molecule has 2 aromatic rings. The molecule has 2 N–H and O–H groups in total. The number of hydrogen-bond acceptors (Lipinski definition) is 5. The van der Waals surface area contributed by atoms with Gasteiger partial charge in [-0.25, -0.2) is 0 Å². The summed E-state index contributed by atoms with van der Waals surface area (Å²) in [6, 6.07) is 7.06. The van der Waals surface area contributed by atoms with Gasteiger partial charge in [0.2, 0.25) is 17.6 Å². The number of halogens is 1. The maximum Gasteiger partial charge on any atom is 0.246 e. The van der Waals surface area contributed by atoms with Crippen LogP contribution in [0, 0.1) is 0 Å². The summed E-state index contributed by atoms with van der Waals surface area (Å²) in [5, 5.41) is 10.5. The third-order valence-electron chi connectivity index (χ3n) is 3.36. The lowest BCUT2D eigenvalue weighted by molar-refractivity contribution is -0.123. The summed E-state index contributed by atoms with van der Waals surface area (Å²) in [5.41, 5.74) is 0.818. The zero-order chi connectivity index (χ0) is 14.7. The highest BCUT2D eigenvalue weighted by Gasteiger charge is 2.22. The molecule has 1 unspecified atom stereocenters. The van der Waals surface area contributed by atoms with Gasteiger partial charge < -0.3 is 15.2 Å². The minimum atomic E-state index is -0.108. The van der Waals surface area contributed by atoms with Crippen molar-refractivity contribution < 1.29 is 9.32 Å². The number of rotatable bonds is 4. The predicted molar refractivity (Wildman–Crippen MR) is 77.6 cm³/mol. The summed E-state index contributed by atoms with van der Waals surface area (Å²) in [6.07, 6.45) is 1.89. The number of carbonyl (C=O) groups excluding carboxylic acids is 1. The smallest absolute Gasteiger partial charge is 0.246 e. The van der Waals surface area contributed by atoms with Crippen molar-refractivity contribution in [1.82, 2.24) is 20.8 Å². The molecule has 0 radical (unpaired) electrons. The van der Waals surface area contributed by atoms with Gasteiger partial charge in [-0.1, -0.05) is 16.8 Å². The topological polar surface area (TPSA) is 80.1 Å². The maximum atomic E-state index is 11.9. The largest absolute Gasteiger partial charge is 0.346 e. The number of carbonyl (C=O) groups is 1. The Morgan fingerprint density at radius 3 is 2.95 bits per heavy atom. The number of nitrogens with zero attached hydrogens (tertiary/aromatic N) is 2. The number of amides is 1. The average molecular weight is 307 g/mol. The van der Waals surface area contributed by atoms with Gasteiger partial charge in [-0.15, -0.1) is 0 Å². The van der Waals surface area contributed by atoms with Gasteiger partial charge in [0.15, 0.2) is 0 Å². The standard InChI is InChI=1S/C14H15ClN4O2/c15-10-5-3-9(4-6-10)13-18-12(21-19-13)8-17-14(20)11-2-1-7-16-11/h3-6,11,16H,1-2,7-8H2,(H,17,20). The third-order valence-corrected chi connectivity index (χ3v) is 3.61. The van der Waals surface area contributed by atoms with E-state index in [0.29, 0.717) is 16.7 Å². The lowest BCUT2D eigenvalue weighted by Crippen LogP contribution is -2.40. The SMILES string of the molecule is O=C(NCc1nc(-c2ccc(Cl)cc2)no1)C1CCCN1. The molecule has 1 fully saturated rings. The van der Waals surface area contributed by atoms with E-state index in [2.05, 4.69) is 20.8 Å². The Balaban J connectivity index is 1.60. The zero-order valence-corrected chi connectivity index (χ0v) is 12.1. The molecule has 0 bridgehead atoms. The minimum Gasteiger partial charge on any atom is -0.346 e. The van der Waals surface area contributed by atoms with Crippen LogP contribution in [0.1, 0.15) is 18.7 Å². The van der Waals surface area contributed by atoms with Crippen molar-refractivity contribution in [3.05, 3.63) is 35.2 Å². The van der Waals surface area contributed by atoms with E-state index in [1.165, 1.54) is 0 Å². The van der Waals surface area contributed by atoms with E-state index in [0.717, 1.165) is 24.9 Å². The van der Waals surface area contributed by atoms with Crippen molar-refractivity contribution in [2.75, 3.05) is 6.54 Å². The highest BCUT2D eigenvalue weighted by atomic mass is 35.5. The fourth-order valence-electron chi connectivity index (χ4n) is 2.24. The van der Waals surface area contributed by atoms with Gasteiger partial charge in [-0.3, -0.25) is 4.79 Å². The average Bonchev–Trinajstić information content (AvgIpc) is 3.17. The first-order valence-corrected chi connectivity index (χ1v) is 7.20. The molecular formula is C14H15ClN4O2. The zero-order valence-electron chi connectivity index (χ0n) is 11.3. The summed E-state index contributed by atoms with van der Waals surface area (Å²) in [7, 11) is 0. The highest BCUT2D eigenvalue weighted by molar-refractivity contribution is 6.30. The molecular weight excluding hydrogens is 292 g/mol. The molecule has 3 rings (SSSR count). The Kier molecular flexibility index (Phi) is 4.17. The van der Waals surface area contributed by atoms with Crippen molar-refractivity contribution in [2.45, 2.75) is 25.4 Å². The van der Waals surface area contributed by atoms with Gasteiger partial charge in [0.25, 0.3) is 0 Å². The van der Waals surface area contributed by atoms with E-state index < -0.39 is 0 Å². The lowest BCUT2D eigenvalue weighted by atomic mass is 10.2. The Morgan fingerprint density at radius 2 is 2.24 bits per heavy atom. The highest BCUT2D eigenvalue weighted by Crippen LogP contribution is 2.18. The van der Waals surface area contributed by atoms with Crippen LogP contribution in [0.15, 0.2) is 28.8 Å². The summed E-state index contributed by atoms with van der Waals surface area (Å²) < 4.78 is 5.13. The van der Waals surface area contributed by atoms with Gasteiger partial charge in [0.1, 0.15) is 0 Å². The molecule has 0 spiro atoms. The van der Waals surface area contributed by atoms with Crippen molar-refractivity contribution in [3.8, 4) is 11.4 Å². The molecule has 0 aliphatic carbocycles. The number of hydrogen-bond donors (Lipinski definition) is 2. The van der Waals surface area contributed by atoms with Crippen LogP contribution in [0.4, 0.5) is 0 Å². The van der Waals surface area contributed by atoms with E-state index in [9.17, 15) is 4.79 Å². The molecule has 1 saturated heterocycles. The first-order valence-electron chi connectivity index (χ1n) is 6.82. The van der Waals surface area contributed by atoms with Crippen LogP contribution in [-0.2, 0) is 11.3 Å². The summed E-state index contributed by atoms with van der Waals surface area (Å²) in [5.74, 6) is 0.833. The summed E-state index contributed by atoms with van der Waals surface area (Å²) in [4.78, 5) is 16.1. The van der Waals surface area contributed by atoms with E-state index in [-0.39, 0.29) is 18.5 Å². The predicted octanol–water partition coefficient (Wildman–Crippen LogP) is 1.76. The first kappa shape index (κ1) is 14.0. The molecule has 1 aromatic heterocycles. The molecule has 1 aliphatic heterocycles.